The molecule has 0 amide bonds. The molecule has 6 heteroatoms. The van der Waals surface area contributed by atoms with Gasteiger partial charge < -0.3 is 14.9 Å². The Labute approximate surface area is 115 Å². The summed E-state index contributed by atoms with van der Waals surface area (Å²) < 4.78 is 11.1. The van der Waals surface area contributed by atoms with Gasteiger partial charge in [0.1, 0.15) is 23.2 Å². The molecule has 0 radical (unpaired) electrons. The first-order valence-corrected chi connectivity index (χ1v) is 6.36. The highest BCUT2D eigenvalue weighted by Gasteiger charge is 2.36. The molecule has 20 heavy (non-hydrogen) atoms. The Bertz CT molecular complexity index is 733. The van der Waals surface area contributed by atoms with Crippen LogP contribution in [-0.2, 0) is 6.42 Å². The summed E-state index contributed by atoms with van der Waals surface area (Å²) in [6.07, 6.45) is 0.750. The molecule has 0 aliphatic carbocycles. The third kappa shape index (κ3) is 1.67. The predicted molar refractivity (Wildman–Crippen MR) is 70.7 cm³/mol. The number of rotatable bonds is 2. The molecule has 0 unspecified atom stereocenters. The van der Waals surface area contributed by atoms with E-state index in [4.69, 9.17) is 14.9 Å². The van der Waals surface area contributed by atoms with Gasteiger partial charge in [-0.1, -0.05) is 6.92 Å². The zero-order valence-corrected chi connectivity index (χ0v) is 11.2. The third-order valence-corrected chi connectivity index (χ3v) is 3.42. The second-order valence-corrected chi connectivity index (χ2v) is 4.65. The van der Waals surface area contributed by atoms with E-state index in [9.17, 15) is 5.26 Å². The molecule has 0 saturated heterocycles. The molecule has 0 bridgehead atoms. The van der Waals surface area contributed by atoms with Gasteiger partial charge in [0.25, 0.3) is 0 Å². The number of hydrogen-bond donors (Lipinski definition) is 2. The minimum atomic E-state index is -0.369. The van der Waals surface area contributed by atoms with E-state index in [0.29, 0.717) is 17.2 Å². The standard InChI is InChI=1S/C14H14N4O2/c1-3-9-12-11(10-5-4-7(2)19-10)8(6-15)13(16)20-14(12)18-17-9/h4-5,11H,3,16H2,1-2H3,(H,17,18)/t11-/m0/s1. The zero-order valence-electron chi connectivity index (χ0n) is 11.2. The number of H-pyrrole nitrogens is 1. The van der Waals surface area contributed by atoms with E-state index < -0.39 is 0 Å². The summed E-state index contributed by atoms with van der Waals surface area (Å²) in [6, 6.07) is 5.84. The number of nitriles is 1. The number of nitrogens with two attached hydrogens (primary N) is 1. The first kappa shape index (κ1) is 12.4. The lowest BCUT2D eigenvalue weighted by Crippen LogP contribution is -2.21. The summed E-state index contributed by atoms with van der Waals surface area (Å²) in [7, 11) is 0. The highest BCUT2D eigenvalue weighted by Crippen LogP contribution is 2.43. The molecule has 0 saturated carbocycles. The Hall–Kier alpha value is -2.68. The fraction of sp³-hybridized carbons (Fsp3) is 0.286. The summed E-state index contributed by atoms with van der Waals surface area (Å²) in [4.78, 5) is 0. The van der Waals surface area contributed by atoms with Crippen LogP contribution in [0.5, 0.6) is 5.88 Å². The number of ether oxygens (including phenoxy) is 1. The lowest BCUT2D eigenvalue weighted by atomic mass is 9.87. The fourth-order valence-electron chi connectivity index (χ4n) is 2.47. The number of furan rings is 1. The number of nitrogens with zero attached hydrogens (tertiary/aromatic N) is 2. The molecule has 1 aliphatic rings. The maximum atomic E-state index is 9.39. The van der Waals surface area contributed by atoms with Gasteiger partial charge in [0.15, 0.2) is 0 Å². The van der Waals surface area contributed by atoms with E-state index in [1.165, 1.54) is 0 Å². The number of fused-ring (bicyclic) bond motifs is 1. The first-order chi connectivity index (χ1) is 9.65. The average Bonchev–Trinajstić information content (AvgIpc) is 3.03. The smallest absolute Gasteiger partial charge is 0.244 e. The van der Waals surface area contributed by atoms with E-state index in [0.717, 1.165) is 23.4 Å². The van der Waals surface area contributed by atoms with E-state index in [1.807, 2.05) is 26.0 Å². The second-order valence-electron chi connectivity index (χ2n) is 4.65. The number of aromatic amines is 1. The number of aryl methyl sites for hydroxylation is 2. The van der Waals surface area contributed by atoms with Crippen LogP contribution in [0.1, 0.15) is 35.6 Å². The Balaban J connectivity index is 2.23. The lowest BCUT2D eigenvalue weighted by molar-refractivity contribution is 0.369. The molecule has 102 valence electrons. The van der Waals surface area contributed by atoms with Gasteiger partial charge in [0.05, 0.1) is 11.5 Å². The molecule has 3 rings (SSSR count). The van der Waals surface area contributed by atoms with Gasteiger partial charge in [-0.05, 0) is 25.5 Å². The van der Waals surface area contributed by atoms with Crippen molar-refractivity contribution in [3.05, 3.63) is 46.4 Å². The highest BCUT2D eigenvalue weighted by atomic mass is 16.5. The molecule has 0 fully saturated rings. The van der Waals surface area contributed by atoms with E-state index in [-0.39, 0.29) is 11.8 Å². The van der Waals surface area contributed by atoms with Gasteiger partial charge >= 0.3 is 0 Å². The largest absolute Gasteiger partial charge is 0.465 e. The molecule has 3 heterocycles. The normalized spacial score (nSPS) is 17.6. The monoisotopic (exact) mass is 270 g/mol. The number of hydrogen-bond acceptors (Lipinski definition) is 5. The zero-order chi connectivity index (χ0) is 14.3. The van der Waals surface area contributed by atoms with Gasteiger partial charge in [-0.25, -0.2) is 0 Å². The van der Waals surface area contributed by atoms with Crippen molar-refractivity contribution in [2.45, 2.75) is 26.2 Å². The van der Waals surface area contributed by atoms with Crippen molar-refractivity contribution in [2.75, 3.05) is 0 Å². The van der Waals surface area contributed by atoms with Crippen LogP contribution in [0.4, 0.5) is 0 Å². The van der Waals surface area contributed by atoms with E-state index in [2.05, 4.69) is 16.3 Å². The third-order valence-electron chi connectivity index (χ3n) is 3.42. The van der Waals surface area contributed by atoms with Crippen molar-refractivity contribution in [3.8, 4) is 11.9 Å². The van der Waals surface area contributed by atoms with Gasteiger partial charge in [0, 0.05) is 5.69 Å². The summed E-state index contributed by atoms with van der Waals surface area (Å²) in [6.45, 7) is 3.87. The lowest BCUT2D eigenvalue weighted by Gasteiger charge is -2.21. The Morgan fingerprint density at radius 1 is 1.50 bits per heavy atom. The first-order valence-electron chi connectivity index (χ1n) is 6.36. The van der Waals surface area contributed by atoms with Crippen molar-refractivity contribution in [1.29, 1.82) is 5.26 Å². The van der Waals surface area contributed by atoms with Crippen molar-refractivity contribution >= 4 is 0 Å². The molecule has 2 aromatic heterocycles. The van der Waals surface area contributed by atoms with Crippen LogP contribution in [0.3, 0.4) is 0 Å². The van der Waals surface area contributed by atoms with Gasteiger partial charge in [-0.15, -0.1) is 5.10 Å². The molecule has 1 aliphatic heterocycles. The number of nitrogens with one attached hydrogen (secondary N) is 1. The Morgan fingerprint density at radius 2 is 2.30 bits per heavy atom. The highest BCUT2D eigenvalue weighted by molar-refractivity contribution is 5.53. The SMILES string of the molecule is CCc1[nH]nc2c1[C@H](c1ccc(C)o1)C(C#N)=C(N)O2. The Kier molecular flexibility index (Phi) is 2.75. The number of aromatic nitrogens is 2. The van der Waals surface area contributed by atoms with Crippen molar-refractivity contribution in [1.82, 2.24) is 10.2 Å². The molecular formula is C14H14N4O2. The molecular weight excluding hydrogens is 256 g/mol. The molecule has 0 spiro atoms. The fourth-order valence-corrected chi connectivity index (χ4v) is 2.47. The molecule has 2 aromatic rings. The molecule has 1 atom stereocenters. The quantitative estimate of drug-likeness (QED) is 0.870. The van der Waals surface area contributed by atoms with Gasteiger partial charge in [0.2, 0.25) is 11.8 Å². The van der Waals surface area contributed by atoms with Crippen molar-refractivity contribution in [2.24, 2.45) is 5.73 Å². The van der Waals surface area contributed by atoms with Crippen LogP contribution >= 0.6 is 0 Å². The summed E-state index contributed by atoms with van der Waals surface area (Å²) >= 11 is 0. The summed E-state index contributed by atoms with van der Waals surface area (Å²) in [5, 5.41) is 16.4. The van der Waals surface area contributed by atoms with Crippen LogP contribution < -0.4 is 10.5 Å². The second kappa shape index (κ2) is 4.46. The van der Waals surface area contributed by atoms with Crippen molar-refractivity contribution < 1.29 is 9.15 Å². The predicted octanol–water partition coefficient (Wildman–Crippen LogP) is 2.09. The topological polar surface area (TPSA) is 101 Å². The molecule has 6 nitrogen and oxygen atoms in total. The van der Waals surface area contributed by atoms with Crippen LogP contribution in [0.15, 0.2) is 28.0 Å². The Morgan fingerprint density at radius 3 is 2.90 bits per heavy atom. The van der Waals surface area contributed by atoms with Crippen molar-refractivity contribution in [3.63, 3.8) is 0 Å². The minimum Gasteiger partial charge on any atom is -0.465 e. The van der Waals surface area contributed by atoms with E-state index in [1.54, 1.807) is 0 Å². The minimum absolute atomic E-state index is 0.0770. The van der Waals surface area contributed by atoms with Gasteiger partial charge in [-0.2, -0.15) is 5.26 Å². The van der Waals surface area contributed by atoms with Crippen LogP contribution in [0.25, 0.3) is 0 Å². The molecule has 3 N–H and O–H groups in total. The summed E-state index contributed by atoms with van der Waals surface area (Å²) in [5.74, 6) is 1.57. The van der Waals surface area contributed by atoms with Crippen LogP contribution in [0, 0.1) is 18.3 Å². The van der Waals surface area contributed by atoms with Crippen LogP contribution in [-0.4, -0.2) is 10.2 Å². The van der Waals surface area contributed by atoms with Gasteiger partial charge in [-0.3, -0.25) is 5.10 Å². The van der Waals surface area contributed by atoms with Crippen LogP contribution in [0.2, 0.25) is 0 Å². The number of allylic oxidation sites excluding steroid dienone is 1. The maximum Gasteiger partial charge on any atom is 0.244 e. The molecule has 0 aromatic carbocycles. The van der Waals surface area contributed by atoms with E-state index >= 15 is 0 Å². The average molecular weight is 270 g/mol. The maximum absolute atomic E-state index is 9.39. The summed E-state index contributed by atoms with van der Waals surface area (Å²) in [5.41, 5.74) is 7.92.